The zero-order chi connectivity index (χ0) is 33.4. The van der Waals surface area contributed by atoms with E-state index in [1.54, 1.807) is 60.3 Å². The third-order valence-corrected chi connectivity index (χ3v) is 13.5. The first-order valence-corrected chi connectivity index (χ1v) is 18.0. The van der Waals surface area contributed by atoms with Gasteiger partial charge in [0.05, 0.1) is 39.7 Å². The average molecular weight is 743 g/mol. The molecule has 3 aromatic carbocycles. The van der Waals surface area contributed by atoms with Gasteiger partial charge in [0.25, 0.3) is 5.91 Å². The van der Waals surface area contributed by atoms with Crippen LogP contribution in [0.5, 0.6) is 11.5 Å². The normalized spacial score (nSPS) is 26.7. The highest BCUT2D eigenvalue weighted by atomic mass is 35.5. The Kier molecular flexibility index (Phi) is 8.03. The number of nitrogens with one attached hydrogen (secondary N) is 2. The molecule has 6 unspecified atom stereocenters. The van der Waals surface area contributed by atoms with E-state index >= 15 is 0 Å². The van der Waals surface area contributed by atoms with Gasteiger partial charge in [0.15, 0.2) is 18.1 Å². The maximum Gasteiger partial charge on any atom is 0.305 e. The van der Waals surface area contributed by atoms with Crippen LogP contribution >= 0.6 is 57.9 Å². The van der Waals surface area contributed by atoms with Gasteiger partial charge in [-0.15, -0.1) is 11.8 Å². The maximum atomic E-state index is 14.0. The summed E-state index contributed by atoms with van der Waals surface area (Å²) in [6, 6.07) is 17.1. The van der Waals surface area contributed by atoms with Crippen molar-refractivity contribution in [3.63, 3.8) is 0 Å². The number of aromatic nitrogens is 1. The number of imide groups is 1. The number of amides is 3. The fourth-order valence-corrected chi connectivity index (χ4v) is 11.5. The van der Waals surface area contributed by atoms with Crippen LogP contribution in [-0.4, -0.2) is 41.7 Å². The zero-order valence-corrected chi connectivity index (χ0v) is 29.0. The number of anilines is 2. The molecule has 2 saturated carbocycles. The van der Waals surface area contributed by atoms with Gasteiger partial charge >= 0.3 is 4.87 Å². The highest BCUT2D eigenvalue weighted by molar-refractivity contribution is 8.00. The van der Waals surface area contributed by atoms with Crippen molar-refractivity contribution in [1.29, 1.82) is 0 Å². The molecule has 9 nitrogen and oxygen atoms in total. The van der Waals surface area contributed by atoms with E-state index in [1.165, 1.54) is 23.3 Å². The molecule has 2 bridgehead atoms. The molecule has 3 fully saturated rings. The van der Waals surface area contributed by atoms with E-state index in [2.05, 4.69) is 10.3 Å². The molecule has 246 valence electrons. The van der Waals surface area contributed by atoms with E-state index in [1.807, 2.05) is 12.1 Å². The van der Waals surface area contributed by atoms with Crippen molar-refractivity contribution in [3.8, 4) is 11.5 Å². The first-order chi connectivity index (χ1) is 23.1. The molecule has 4 aromatic rings. The molecule has 1 saturated heterocycles. The fourth-order valence-electron chi connectivity index (χ4n) is 8.15. The van der Waals surface area contributed by atoms with E-state index in [0.29, 0.717) is 37.9 Å². The highest BCUT2D eigenvalue weighted by Crippen LogP contribution is 2.68. The maximum absolute atomic E-state index is 14.0. The molecule has 2 aliphatic carbocycles. The minimum Gasteiger partial charge on any atom is -0.493 e. The first kappa shape index (κ1) is 31.8. The van der Waals surface area contributed by atoms with Gasteiger partial charge in [0, 0.05) is 26.8 Å². The van der Waals surface area contributed by atoms with Gasteiger partial charge in [-0.25, -0.2) is 0 Å². The molecule has 2 N–H and O–H groups in total. The number of rotatable bonds is 7. The molecule has 0 spiro atoms. The van der Waals surface area contributed by atoms with Crippen LogP contribution in [0, 0.1) is 29.6 Å². The number of H-pyrrole nitrogens is 1. The van der Waals surface area contributed by atoms with Crippen LogP contribution in [0.25, 0.3) is 0 Å². The molecule has 4 aliphatic rings. The Labute approximate surface area is 297 Å². The minimum absolute atomic E-state index is 0.00979. The molecule has 0 radical (unpaired) electrons. The lowest BCUT2D eigenvalue weighted by Gasteiger charge is -2.43. The van der Waals surface area contributed by atoms with Gasteiger partial charge in [0.1, 0.15) is 0 Å². The molecule has 2 aliphatic heterocycles. The lowest BCUT2D eigenvalue weighted by Crippen LogP contribution is -2.42. The van der Waals surface area contributed by atoms with Crippen molar-refractivity contribution in [2.75, 3.05) is 23.9 Å². The van der Waals surface area contributed by atoms with Crippen LogP contribution in [-0.2, 0) is 14.4 Å². The SMILES string of the molecule is COc1cc([C@H]2c3sc(=O)[nH]c3SC3C4CC(C5C(=O)N(c6ccc(Cl)cc6)C(=O)C45)C32)ccc1OCC(=O)Nc1ccc(Cl)c(Cl)c1. The van der Waals surface area contributed by atoms with Gasteiger partial charge in [0.2, 0.25) is 11.8 Å². The second-order valence-electron chi connectivity index (χ2n) is 12.3. The van der Waals surface area contributed by atoms with E-state index < -0.39 is 17.7 Å². The Hall–Kier alpha value is -3.48. The summed E-state index contributed by atoms with van der Waals surface area (Å²) in [5, 5.41) is 4.81. The van der Waals surface area contributed by atoms with E-state index in [0.717, 1.165) is 21.9 Å². The molecule has 14 heteroatoms. The van der Waals surface area contributed by atoms with E-state index in [4.69, 9.17) is 44.3 Å². The van der Waals surface area contributed by atoms with Gasteiger partial charge in [-0.05, 0) is 84.3 Å². The number of nitrogens with zero attached hydrogens (tertiary/aromatic N) is 1. The van der Waals surface area contributed by atoms with Crippen molar-refractivity contribution in [2.45, 2.75) is 22.6 Å². The number of benzene rings is 3. The van der Waals surface area contributed by atoms with Gasteiger partial charge in [-0.3, -0.25) is 24.1 Å². The third-order valence-electron chi connectivity index (χ3n) is 9.92. The van der Waals surface area contributed by atoms with Crippen molar-refractivity contribution < 1.29 is 23.9 Å². The monoisotopic (exact) mass is 741 g/mol. The van der Waals surface area contributed by atoms with Crippen LogP contribution in [0.3, 0.4) is 0 Å². The molecule has 3 amide bonds. The number of carbonyl (C=O) groups excluding carboxylic acids is 3. The summed E-state index contributed by atoms with van der Waals surface area (Å²) in [6.07, 6.45) is 0.769. The number of hydrogen-bond acceptors (Lipinski definition) is 8. The number of carbonyl (C=O) groups is 3. The summed E-state index contributed by atoms with van der Waals surface area (Å²) in [7, 11) is 1.53. The molecule has 8 rings (SSSR count). The summed E-state index contributed by atoms with van der Waals surface area (Å²) in [4.78, 5) is 58.3. The van der Waals surface area contributed by atoms with Crippen molar-refractivity contribution in [2.24, 2.45) is 29.6 Å². The van der Waals surface area contributed by atoms with Crippen LogP contribution in [0.1, 0.15) is 22.8 Å². The lowest BCUT2D eigenvalue weighted by molar-refractivity contribution is -0.123. The van der Waals surface area contributed by atoms with E-state index in [9.17, 15) is 19.2 Å². The van der Waals surface area contributed by atoms with E-state index in [-0.39, 0.29) is 52.2 Å². The summed E-state index contributed by atoms with van der Waals surface area (Å²) < 4.78 is 11.6. The molecule has 3 heterocycles. The quantitative estimate of drug-likeness (QED) is 0.194. The smallest absolute Gasteiger partial charge is 0.305 e. The standard InChI is InChI=1S/C34H26Cl3N3O6S2/c1-45-23-10-14(2-9-22(23)46-13-24(41)38-16-5-8-20(36)21(37)11-16)25-26-18-12-19(29(26)47-31-30(25)48-34(44)39-31)28-27(18)32(42)40(33(28)43)17-6-3-15(35)4-7-17/h2-11,18-19,25-29H,12-13H2,1H3,(H,38,41)(H,39,44)/t18?,19?,25-,26?,27?,28?,29?/m1/s1. The Morgan fingerprint density at radius 1 is 0.938 bits per heavy atom. The summed E-state index contributed by atoms with van der Waals surface area (Å²) in [6.45, 7) is -0.280. The fraction of sp³-hybridized carbons (Fsp3) is 0.294. The number of fused-ring (bicyclic) bond motifs is 9. The van der Waals surface area contributed by atoms with Crippen LogP contribution in [0.15, 0.2) is 70.5 Å². The summed E-state index contributed by atoms with van der Waals surface area (Å²) >= 11 is 20.9. The number of thioether (sulfide) groups is 1. The number of hydrogen-bond donors (Lipinski definition) is 2. The number of thiazole rings is 1. The number of methoxy groups -OCH3 is 1. The number of aromatic amines is 1. The Balaban J connectivity index is 1.08. The van der Waals surface area contributed by atoms with Gasteiger partial charge < -0.3 is 19.8 Å². The first-order valence-electron chi connectivity index (χ1n) is 15.2. The average Bonchev–Trinajstić information content (AvgIpc) is 3.81. The highest BCUT2D eigenvalue weighted by Gasteiger charge is 2.69. The Morgan fingerprint density at radius 2 is 1.69 bits per heavy atom. The molecule has 48 heavy (non-hydrogen) atoms. The lowest BCUT2D eigenvalue weighted by atomic mass is 9.68. The van der Waals surface area contributed by atoms with Crippen LogP contribution in [0.2, 0.25) is 15.1 Å². The second kappa shape index (κ2) is 12.1. The second-order valence-corrected chi connectivity index (χ2v) is 15.8. The number of ether oxygens (including phenoxy) is 2. The summed E-state index contributed by atoms with van der Waals surface area (Å²) in [5.74, 6) is -1.02. The Morgan fingerprint density at radius 3 is 2.42 bits per heavy atom. The zero-order valence-electron chi connectivity index (χ0n) is 25.1. The van der Waals surface area contributed by atoms with Gasteiger partial charge in [-0.1, -0.05) is 52.2 Å². The molecule has 1 aromatic heterocycles. The van der Waals surface area contributed by atoms with Gasteiger partial charge in [-0.2, -0.15) is 0 Å². The predicted molar refractivity (Wildman–Crippen MR) is 186 cm³/mol. The minimum atomic E-state index is -0.432. The van der Waals surface area contributed by atoms with Crippen molar-refractivity contribution in [3.05, 3.63) is 95.8 Å². The third kappa shape index (κ3) is 5.13. The topological polar surface area (TPSA) is 118 Å². The molecule has 7 atom stereocenters. The van der Waals surface area contributed by atoms with Crippen molar-refractivity contribution in [1.82, 2.24) is 4.98 Å². The summed E-state index contributed by atoms with van der Waals surface area (Å²) in [5.41, 5.74) is 1.92. The largest absolute Gasteiger partial charge is 0.493 e. The van der Waals surface area contributed by atoms with Crippen LogP contribution in [0.4, 0.5) is 11.4 Å². The molecular formula is C34H26Cl3N3O6S2. The number of halogens is 3. The molecular weight excluding hydrogens is 717 g/mol. The van der Waals surface area contributed by atoms with Crippen LogP contribution < -0.4 is 24.6 Å². The predicted octanol–water partition coefficient (Wildman–Crippen LogP) is 7.10. The Bertz CT molecular complexity index is 2050. The van der Waals surface area contributed by atoms with Crippen molar-refractivity contribution >= 4 is 87.0 Å².